The van der Waals surface area contributed by atoms with Crippen LogP contribution in [0.15, 0.2) is 42.5 Å². The van der Waals surface area contributed by atoms with E-state index in [-0.39, 0.29) is 37.9 Å². The number of rotatable bonds is 17. The number of primary amides is 1. The molecule has 1 aromatic rings. The first kappa shape index (κ1) is 35.3. The molecule has 0 heterocycles. The summed E-state index contributed by atoms with van der Waals surface area (Å²) < 4.78 is 10.3. The Morgan fingerprint density at radius 3 is 2.23 bits per heavy atom. The molecular weight excluding hydrogens is 552 g/mol. The van der Waals surface area contributed by atoms with E-state index in [9.17, 15) is 24.0 Å². The molecule has 11 nitrogen and oxygen atoms in total. The van der Waals surface area contributed by atoms with Gasteiger partial charge in [-0.05, 0) is 43.6 Å². The second-order valence-corrected chi connectivity index (χ2v) is 11.4. The summed E-state index contributed by atoms with van der Waals surface area (Å²) in [4.78, 5) is 63.1. The minimum atomic E-state index is -0.917. The summed E-state index contributed by atoms with van der Waals surface area (Å²) in [6.07, 6.45) is 8.02. The van der Waals surface area contributed by atoms with Crippen LogP contribution in [0.25, 0.3) is 0 Å². The van der Waals surface area contributed by atoms with Crippen LogP contribution < -0.4 is 21.7 Å². The van der Waals surface area contributed by atoms with Gasteiger partial charge in [-0.3, -0.25) is 14.4 Å². The standard InChI is InChI=1S/C32H48N4O7/c1-4-42-29(38)18-16-25(15-17-28(33)37)34-30(39)27(20-23-11-7-5-8-12-23)35-31(40)26(19-22(2)3)36-32(41)43-21-24-13-9-6-10-14-24/h6,9-10,13-14,16,18,22-23,25-27H,4-5,7-8,11-12,15,17,19-21H2,1-3H3,(H2,33,37)(H,34,39)(H,35,40)(H,36,41)/b18-16+/t25-,26-,27-/m0/s1. The lowest BCUT2D eigenvalue weighted by Gasteiger charge is -2.29. The Morgan fingerprint density at radius 2 is 1.60 bits per heavy atom. The molecule has 0 unspecified atom stereocenters. The molecule has 1 aromatic carbocycles. The molecule has 1 aliphatic rings. The summed E-state index contributed by atoms with van der Waals surface area (Å²) in [6, 6.07) is 6.72. The first-order valence-corrected chi connectivity index (χ1v) is 15.3. The van der Waals surface area contributed by atoms with E-state index in [2.05, 4.69) is 16.0 Å². The van der Waals surface area contributed by atoms with Crippen molar-refractivity contribution in [3.8, 4) is 0 Å². The topological polar surface area (TPSA) is 166 Å². The zero-order valence-electron chi connectivity index (χ0n) is 25.6. The van der Waals surface area contributed by atoms with Gasteiger partial charge in [0, 0.05) is 18.5 Å². The number of hydrogen-bond donors (Lipinski definition) is 4. The summed E-state index contributed by atoms with van der Waals surface area (Å²) in [5, 5.41) is 8.40. The van der Waals surface area contributed by atoms with Crippen LogP contribution in [-0.2, 0) is 35.3 Å². The second kappa shape index (κ2) is 19.3. The van der Waals surface area contributed by atoms with E-state index in [1.54, 1.807) is 6.92 Å². The Morgan fingerprint density at radius 1 is 0.930 bits per heavy atom. The number of ether oxygens (including phenoxy) is 2. The van der Waals surface area contributed by atoms with Gasteiger partial charge in [0.15, 0.2) is 0 Å². The fraction of sp³-hybridized carbons (Fsp3) is 0.594. The molecule has 0 aromatic heterocycles. The van der Waals surface area contributed by atoms with Crippen LogP contribution >= 0.6 is 0 Å². The predicted molar refractivity (Wildman–Crippen MR) is 162 cm³/mol. The average Bonchev–Trinajstić information content (AvgIpc) is 2.97. The number of hydrogen-bond acceptors (Lipinski definition) is 7. The van der Waals surface area contributed by atoms with Crippen LogP contribution in [0.4, 0.5) is 4.79 Å². The van der Waals surface area contributed by atoms with Crippen LogP contribution in [-0.4, -0.2) is 54.5 Å². The summed E-state index contributed by atoms with van der Waals surface area (Å²) >= 11 is 0. The van der Waals surface area contributed by atoms with Crippen LogP contribution in [0.2, 0.25) is 0 Å². The molecule has 1 fully saturated rings. The highest BCUT2D eigenvalue weighted by molar-refractivity contribution is 5.91. The van der Waals surface area contributed by atoms with Crippen molar-refractivity contribution >= 4 is 29.8 Å². The fourth-order valence-corrected chi connectivity index (χ4v) is 5.05. The molecule has 4 amide bonds. The van der Waals surface area contributed by atoms with Gasteiger partial charge in [-0.25, -0.2) is 9.59 Å². The first-order chi connectivity index (χ1) is 20.6. The van der Waals surface area contributed by atoms with E-state index in [1.165, 1.54) is 12.2 Å². The summed E-state index contributed by atoms with van der Waals surface area (Å²) in [5.74, 6) is -1.74. The third-order valence-electron chi connectivity index (χ3n) is 7.24. The molecule has 3 atom stereocenters. The van der Waals surface area contributed by atoms with Crippen molar-refractivity contribution in [2.24, 2.45) is 17.6 Å². The van der Waals surface area contributed by atoms with Gasteiger partial charge < -0.3 is 31.2 Å². The van der Waals surface area contributed by atoms with Crippen LogP contribution in [0, 0.1) is 11.8 Å². The number of esters is 1. The van der Waals surface area contributed by atoms with Crippen LogP contribution in [0.5, 0.6) is 0 Å². The molecular formula is C32H48N4O7. The molecule has 2 rings (SSSR count). The average molecular weight is 601 g/mol. The highest BCUT2D eigenvalue weighted by Gasteiger charge is 2.31. The lowest BCUT2D eigenvalue weighted by Crippen LogP contribution is -2.55. The first-order valence-electron chi connectivity index (χ1n) is 15.3. The molecule has 0 saturated heterocycles. The van der Waals surface area contributed by atoms with Crippen molar-refractivity contribution in [2.75, 3.05) is 6.61 Å². The Balaban J connectivity index is 2.17. The molecule has 11 heteroatoms. The molecule has 0 aliphatic heterocycles. The largest absolute Gasteiger partial charge is 0.463 e. The smallest absolute Gasteiger partial charge is 0.408 e. The second-order valence-electron chi connectivity index (χ2n) is 11.4. The van der Waals surface area contributed by atoms with Gasteiger partial charge in [0.25, 0.3) is 0 Å². The van der Waals surface area contributed by atoms with Crippen molar-refractivity contribution in [3.05, 3.63) is 48.0 Å². The van der Waals surface area contributed by atoms with E-state index in [0.29, 0.717) is 12.8 Å². The summed E-state index contributed by atoms with van der Waals surface area (Å²) in [5.41, 5.74) is 6.14. The number of carbonyl (C=O) groups is 5. The van der Waals surface area contributed by atoms with E-state index >= 15 is 0 Å². The highest BCUT2D eigenvalue weighted by Crippen LogP contribution is 2.27. The molecule has 0 bridgehead atoms. The Hall–Kier alpha value is -3.89. The molecule has 0 spiro atoms. The molecule has 0 radical (unpaired) electrons. The lowest BCUT2D eigenvalue weighted by molar-refractivity contribution is -0.137. The van der Waals surface area contributed by atoms with Crippen LogP contribution in [0.1, 0.15) is 84.1 Å². The zero-order valence-corrected chi connectivity index (χ0v) is 25.6. The molecule has 1 aliphatic carbocycles. The van der Waals surface area contributed by atoms with E-state index in [4.69, 9.17) is 15.2 Å². The maximum atomic E-state index is 13.6. The quantitative estimate of drug-likeness (QED) is 0.156. The van der Waals surface area contributed by atoms with Gasteiger partial charge in [0.05, 0.1) is 6.61 Å². The molecule has 238 valence electrons. The zero-order chi connectivity index (χ0) is 31.6. The summed E-state index contributed by atoms with van der Waals surface area (Å²) in [6.45, 7) is 5.80. The third kappa shape index (κ3) is 14.7. The highest BCUT2D eigenvalue weighted by atomic mass is 16.5. The Labute approximate surface area is 254 Å². The van der Waals surface area contributed by atoms with Crippen LogP contribution in [0.3, 0.4) is 0 Å². The number of nitrogens with one attached hydrogen (secondary N) is 3. The van der Waals surface area contributed by atoms with Crippen molar-refractivity contribution < 1.29 is 33.4 Å². The fourth-order valence-electron chi connectivity index (χ4n) is 5.05. The minimum absolute atomic E-state index is 0.0107. The van der Waals surface area contributed by atoms with Gasteiger partial charge in [-0.1, -0.05) is 82.4 Å². The SMILES string of the molecule is CCOC(=O)/C=C/[C@H](CCC(N)=O)NC(=O)[C@H](CC1CCCCC1)NC(=O)[C@H](CC(C)C)NC(=O)OCc1ccccc1. The molecule has 5 N–H and O–H groups in total. The van der Waals surface area contributed by atoms with Gasteiger partial charge >= 0.3 is 12.1 Å². The Kier molecular flexibility index (Phi) is 15.9. The van der Waals surface area contributed by atoms with Crippen molar-refractivity contribution in [2.45, 2.75) is 103 Å². The number of alkyl carbamates (subject to hydrolysis) is 1. The van der Waals surface area contributed by atoms with Crippen molar-refractivity contribution in [3.63, 3.8) is 0 Å². The minimum Gasteiger partial charge on any atom is -0.463 e. The maximum absolute atomic E-state index is 13.6. The Bertz CT molecular complexity index is 1070. The van der Waals surface area contributed by atoms with Gasteiger partial charge in [0.2, 0.25) is 17.7 Å². The van der Waals surface area contributed by atoms with Crippen molar-refractivity contribution in [1.82, 2.24) is 16.0 Å². The predicted octanol–water partition coefficient (Wildman–Crippen LogP) is 3.65. The summed E-state index contributed by atoms with van der Waals surface area (Å²) in [7, 11) is 0. The van der Waals surface area contributed by atoms with Gasteiger partial charge in [-0.15, -0.1) is 0 Å². The van der Waals surface area contributed by atoms with E-state index in [0.717, 1.165) is 37.7 Å². The number of benzene rings is 1. The van der Waals surface area contributed by atoms with Crippen molar-refractivity contribution in [1.29, 1.82) is 0 Å². The normalized spacial score (nSPS) is 15.7. The van der Waals surface area contributed by atoms with E-state index in [1.807, 2.05) is 44.2 Å². The lowest BCUT2D eigenvalue weighted by atomic mass is 9.84. The molecule has 43 heavy (non-hydrogen) atoms. The number of nitrogens with two attached hydrogens (primary N) is 1. The van der Waals surface area contributed by atoms with E-state index < -0.39 is 47.9 Å². The molecule has 1 saturated carbocycles. The van der Waals surface area contributed by atoms with Gasteiger partial charge in [-0.2, -0.15) is 0 Å². The van der Waals surface area contributed by atoms with Gasteiger partial charge in [0.1, 0.15) is 18.7 Å². The maximum Gasteiger partial charge on any atom is 0.408 e. The number of amides is 4. The monoisotopic (exact) mass is 600 g/mol. The third-order valence-corrected chi connectivity index (χ3v) is 7.24. The number of carbonyl (C=O) groups excluding carboxylic acids is 5.